The van der Waals surface area contributed by atoms with Gasteiger partial charge in [0.05, 0.1) is 36.7 Å². The highest BCUT2D eigenvalue weighted by Crippen LogP contribution is 2.38. The lowest BCUT2D eigenvalue weighted by atomic mass is 9.99. The van der Waals surface area contributed by atoms with Crippen LogP contribution in [-0.4, -0.2) is 82.6 Å². The van der Waals surface area contributed by atoms with E-state index in [1.54, 1.807) is 12.1 Å². The molecule has 7 rings (SSSR count). The molecule has 0 spiro atoms. The Morgan fingerprint density at radius 1 is 0.836 bits per heavy atom. The Bertz CT molecular complexity index is 1950. The summed E-state index contributed by atoms with van der Waals surface area (Å²) in [5, 5.41) is 23.2. The van der Waals surface area contributed by atoms with Crippen molar-refractivity contribution in [2.45, 2.75) is 57.1 Å². The van der Waals surface area contributed by atoms with Gasteiger partial charge in [0.15, 0.2) is 6.29 Å². The second kappa shape index (κ2) is 17.2. The molecule has 14 nitrogen and oxygen atoms in total. The van der Waals surface area contributed by atoms with Crippen LogP contribution in [0.25, 0.3) is 0 Å². The third-order valence-electron chi connectivity index (χ3n) is 10.2. The van der Waals surface area contributed by atoms with Gasteiger partial charge in [-0.25, -0.2) is 4.79 Å². The summed E-state index contributed by atoms with van der Waals surface area (Å²) < 4.78 is 18.3. The number of aliphatic hydroxyl groups is 1. The Balaban J connectivity index is 0.969. The molecule has 55 heavy (non-hydrogen) atoms. The van der Waals surface area contributed by atoms with Gasteiger partial charge in [0.25, 0.3) is 11.6 Å². The molecule has 3 aliphatic rings. The van der Waals surface area contributed by atoms with Crippen molar-refractivity contribution in [1.82, 2.24) is 15.1 Å². The SMILES string of the molecule is O=C(NC1CC(=O)N(Cc2ccc([C@H]3O[C@@H](CN4CCN(c5ccc([N+](=O)[O-])cc5)CC4)C[C@@H](c4ccc(CO)cc4)O3)cc2)C1=O)OCc1ccccc1. The number of nitrogens with zero attached hydrogens (tertiary/aromatic N) is 4. The van der Waals surface area contributed by atoms with E-state index in [-0.39, 0.29) is 50.0 Å². The number of hydrogen-bond acceptors (Lipinski definition) is 11. The number of piperazine rings is 1. The minimum absolute atomic E-state index is 0.0482. The van der Waals surface area contributed by atoms with Crippen LogP contribution < -0.4 is 10.2 Å². The molecule has 4 aromatic rings. The Hall–Kier alpha value is -5.67. The minimum Gasteiger partial charge on any atom is -0.445 e. The van der Waals surface area contributed by atoms with E-state index in [4.69, 9.17) is 14.2 Å². The number of alkyl carbamates (subject to hydrolysis) is 1. The van der Waals surface area contributed by atoms with Crippen LogP contribution in [0.1, 0.15) is 53.1 Å². The number of likely N-dealkylation sites (tertiary alicyclic amines) is 1. The van der Waals surface area contributed by atoms with Crippen LogP contribution in [0.2, 0.25) is 0 Å². The van der Waals surface area contributed by atoms with Crippen LogP contribution in [0.5, 0.6) is 0 Å². The molecule has 4 atom stereocenters. The van der Waals surface area contributed by atoms with Crippen LogP contribution in [0.4, 0.5) is 16.2 Å². The second-order valence-electron chi connectivity index (χ2n) is 13.9. The summed E-state index contributed by atoms with van der Waals surface area (Å²) in [5.41, 5.74) is 5.14. The second-order valence-corrected chi connectivity index (χ2v) is 13.9. The van der Waals surface area contributed by atoms with Gasteiger partial charge in [0.1, 0.15) is 12.6 Å². The number of ether oxygens (including phenoxy) is 3. The van der Waals surface area contributed by atoms with E-state index in [2.05, 4.69) is 15.1 Å². The van der Waals surface area contributed by atoms with Crippen LogP contribution in [-0.2, 0) is 43.6 Å². The molecule has 2 N–H and O–H groups in total. The molecule has 4 aromatic carbocycles. The van der Waals surface area contributed by atoms with E-state index < -0.39 is 29.3 Å². The third-order valence-corrected chi connectivity index (χ3v) is 10.2. The molecule has 0 aromatic heterocycles. The summed E-state index contributed by atoms with van der Waals surface area (Å²) in [5.74, 6) is -0.871. The van der Waals surface area contributed by atoms with E-state index in [9.17, 15) is 29.6 Å². The summed E-state index contributed by atoms with van der Waals surface area (Å²) in [4.78, 5) is 54.8. The monoisotopic (exact) mass is 749 g/mol. The van der Waals surface area contributed by atoms with Crippen LogP contribution in [0, 0.1) is 10.1 Å². The third kappa shape index (κ3) is 9.35. The summed E-state index contributed by atoms with van der Waals surface area (Å²) >= 11 is 0. The predicted molar refractivity (Wildman–Crippen MR) is 200 cm³/mol. The molecular weight excluding hydrogens is 706 g/mol. The maximum absolute atomic E-state index is 13.1. The number of carbonyl (C=O) groups excluding carboxylic acids is 3. The number of nitro groups is 1. The molecule has 286 valence electrons. The maximum Gasteiger partial charge on any atom is 0.408 e. The Morgan fingerprint density at radius 3 is 2.18 bits per heavy atom. The first-order chi connectivity index (χ1) is 26.7. The number of nitrogens with one attached hydrogen (secondary N) is 1. The number of imide groups is 1. The number of carbonyl (C=O) groups is 3. The molecule has 0 bridgehead atoms. The summed E-state index contributed by atoms with van der Waals surface area (Å²) in [7, 11) is 0. The zero-order chi connectivity index (χ0) is 38.3. The highest BCUT2D eigenvalue weighted by atomic mass is 16.7. The number of benzene rings is 4. The van der Waals surface area contributed by atoms with Crippen molar-refractivity contribution < 1.29 is 38.6 Å². The van der Waals surface area contributed by atoms with Crippen molar-refractivity contribution in [1.29, 1.82) is 0 Å². The average Bonchev–Trinajstić information content (AvgIpc) is 3.47. The largest absolute Gasteiger partial charge is 0.445 e. The van der Waals surface area contributed by atoms with Gasteiger partial charge in [0.2, 0.25) is 5.91 Å². The molecule has 3 aliphatic heterocycles. The molecule has 3 fully saturated rings. The van der Waals surface area contributed by atoms with Crippen molar-refractivity contribution in [3.8, 4) is 0 Å². The molecule has 1 unspecified atom stereocenters. The first-order valence-corrected chi connectivity index (χ1v) is 18.3. The summed E-state index contributed by atoms with van der Waals surface area (Å²) in [6.07, 6.45) is -1.38. The van der Waals surface area contributed by atoms with Crippen molar-refractivity contribution in [3.63, 3.8) is 0 Å². The van der Waals surface area contributed by atoms with Crippen molar-refractivity contribution in [2.24, 2.45) is 0 Å². The number of nitro benzene ring substituents is 1. The summed E-state index contributed by atoms with van der Waals surface area (Å²) in [6.45, 7) is 3.88. The quantitative estimate of drug-likeness (QED) is 0.114. The number of amides is 3. The van der Waals surface area contributed by atoms with Crippen molar-refractivity contribution >= 4 is 29.3 Å². The van der Waals surface area contributed by atoms with E-state index in [0.717, 1.165) is 64.6 Å². The fourth-order valence-electron chi connectivity index (χ4n) is 7.13. The number of rotatable bonds is 12. The molecule has 3 heterocycles. The number of aliphatic hydroxyl groups excluding tert-OH is 1. The van der Waals surface area contributed by atoms with Gasteiger partial charge in [-0.15, -0.1) is 0 Å². The standard InChI is InChI=1S/C41H43N5O9/c47-26-29-8-10-31(11-9-29)37-22-35(25-43-18-20-44(21-19-43)33-14-16-34(17-15-33)46(51)52)54-40(55-37)32-12-6-28(7-13-32)24-45-38(48)23-36(39(45)49)42-41(50)53-27-30-4-2-1-3-5-30/h1-17,35-37,40,47H,18-27H2,(H,42,50)/t35-,36?,37+,40+/m1/s1. The Labute approximate surface area is 318 Å². The van der Waals surface area contributed by atoms with Gasteiger partial charge in [-0.3, -0.25) is 29.5 Å². The fraction of sp³-hybridized carbons (Fsp3) is 0.341. The Kier molecular flexibility index (Phi) is 11.8. The topological polar surface area (TPSA) is 164 Å². The highest BCUT2D eigenvalue weighted by molar-refractivity contribution is 6.06. The van der Waals surface area contributed by atoms with E-state index >= 15 is 0 Å². The summed E-state index contributed by atoms with van der Waals surface area (Å²) in [6, 6.07) is 30.0. The van der Waals surface area contributed by atoms with Crippen LogP contribution in [0.3, 0.4) is 0 Å². The Morgan fingerprint density at radius 2 is 1.51 bits per heavy atom. The molecule has 0 saturated carbocycles. The number of hydrogen-bond donors (Lipinski definition) is 2. The lowest BCUT2D eigenvalue weighted by Gasteiger charge is -2.41. The lowest BCUT2D eigenvalue weighted by Crippen LogP contribution is -2.49. The normalized spacial score (nSPS) is 21.8. The zero-order valence-corrected chi connectivity index (χ0v) is 30.2. The highest BCUT2D eigenvalue weighted by Gasteiger charge is 2.40. The van der Waals surface area contributed by atoms with Gasteiger partial charge in [-0.2, -0.15) is 0 Å². The fourth-order valence-corrected chi connectivity index (χ4v) is 7.13. The maximum atomic E-state index is 13.1. The van der Waals surface area contributed by atoms with Gasteiger partial charge in [-0.05, 0) is 34.4 Å². The smallest absolute Gasteiger partial charge is 0.408 e. The van der Waals surface area contributed by atoms with Gasteiger partial charge in [0, 0.05) is 62.5 Å². The van der Waals surface area contributed by atoms with Gasteiger partial charge < -0.3 is 29.5 Å². The minimum atomic E-state index is -0.996. The average molecular weight is 750 g/mol. The molecule has 0 radical (unpaired) electrons. The van der Waals surface area contributed by atoms with Crippen LogP contribution in [0.15, 0.2) is 103 Å². The van der Waals surface area contributed by atoms with Gasteiger partial charge >= 0.3 is 6.09 Å². The lowest BCUT2D eigenvalue weighted by molar-refractivity contribution is -0.384. The first-order valence-electron chi connectivity index (χ1n) is 18.3. The van der Waals surface area contributed by atoms with E-state index in [0.29, 0.717) is 13.0 Å². The molecule has 14 heteroatoms. The van der Waals surface area contributed by atoms with E-state index in [1.165, 1.54) is 12.1 Å². The molecule has 3 saturated heterocycles. The molecular formula is C41H43N5O9. The van der Waals surface area contributed by atoms with Crippen LogP contribution >= 0.6 is 0 Å². The van der Waals surface area contributed by atoms with Crippen molar-refractivity contribution in [3.05, 3.63) is 141 Å². The zero-order valence-electron chi connectivity index (χ0n) is 30.2. The first kappa shape index (κ1) is 37.6. The number of anilines is 1. The molecule has 3 amide bonds. The van der Waals surface area contributed by atoms with Crippen molar-refractivity contribution in [2.75, 3.05) is 37.6 Å². The van der Waals surface area contributed by atoms with Gasteiger partial charge in [-0.1, -0.05) is 78.9 Å². The molecule has 0 aliphatic carbocycles. The predicted octanol–water partition coefficient (Wildman–Crippen LogP) is 5.01. The van der Waals surface area contributed by atoms with E-state index in [1.807, 2.05) is 78.9 Å². The number of non-ortho nitro benzene ring substituents is 1.